The van der Waals surface area contributed by atoms with E-state index >= 15 is 0 Å². The molecular formula is C34H40B2Br2Cl2O13. The Morgan fingerprint density at radius 1 is 0.755 bits per heavy atom. The van der Waals surface area contributed by atoms with Crippen molar-refractivity contribution in [1.29, 1.82) is 0 Å². The van der Waals surface area contributed by atoms with E-state index < -0.39 is 78.8 Å². The van der Waals surface area contributed by atoms with E-state index in [-0.39, 0.29) is 25.5 Å². The van der Waals surface area contributed by atoms with Gasteiger partial charge in [-0.25, -0.2) is 0 Å². The zero-order chi connectivity index (χ0) is 40.4. The highest BCUT2D eigenvalue weighted by molar-refractivity contribution is 9.10. The second-order valence-corrected chi connectivity index (χ2v) is 16.0. The highest BCUT2D eigenvalue weighted by Crippen LogP contribution is 2.31. The summed E-state index contributed by atoms with van der Waals surface area (Å²) >= 11 is 18.8. The summed E-state index contributed by atoms with van der Waals surface area (Å²) < 4.78 is 21.0. The lowest BCUT2D eigenvalue weighted by Gasteiger charge is -2.33. The molecule has 2 aromatic carbocycles. The molecule has 0 saturated carbocycles. The Bertz CT molecular complexity index is 1650. The highest BCUT2D eigenvalue weighted by atomic mass is 79.9. The van der Waals surface area contributed by atoms with Crippen molar-refractivity contribution in [2.24, 2.45) is 17.8 Å². The SMILES string of the molecule is CB(O)C[C@H](Cc1ccc(Br)cc1Cl)C(=O)C1C(=O)OC(C)(C)OC1=O.CB(O)C[C@H](Cc1ccc(Br)cc1Cl)C(=O)O.CC1(C)OC(=O)CC(=O)O1. The first-order chi connectivity index (χ1) is 24.4. The zero-order valence-electron chi connectivity index (χ0n) is 29.8. The maximum absolute atomic E-state index is 12.9. The van der Waals surface area contributed by atoms with Gasteiger partial charge in [-0.15, -0.1) is 0 Å². The van der Waals surface area contributed by atoms with Crippen LogP contribution in [0.4, 0.5) is 0 Å². The van der Waals surface area contributed by atoms with Gasteiger partial charge in [-0.3, -0.25) is 28.8 Å². The summed E-state index contributed by atoms with van der Waals surface area (Å²) in [7, 11) is 0. The van der Waals surface area contributed by atoms with Crippen LogP contribution in [0.25, 0.3) is 0 Å². The first-order valence-electron chi connectivity index (χ1n) is 16.3. The standard InChI is InChI=1S/C17H19BBrClO6.C11H13BBrClO3.C6H8O4/c1-17(2)25-15(22)13(16(23)26-17)14(21)10(8-18(3)24)6-9-4-5-11(19)7-12(9)20;1-12(17)6-8(11(15)16)4-7-2-3-9(13)5-10(7)14;1-6(2)9-4(7)3-5(8)10-6/h4-5,7,10,13,24H,6,8H2,1-3H3;2-3,5,8,17H,4,6H2,1H3,(H,15,16);3H2,1-2H3/t10-;8-;/m00./s1. The summed E-state index contributed by atoms with van der Waals surface area (Å²) in [6.07, 6.45) is 0.527. The molecule has 3 N–H and O–H groups in total. The number of carboxylic acid groups (broad SMARTS) is 1. The lowest BCUT2D eigenvalue weighted by atomic mass is 9.61. The van der Waals surface area contributed by atoms with Crippen molar-refractivity contribution in [3.05, 3.63) is 66.5 Å². The third kappa shape index (κ3) is 15.7. The molecule has 2 heterocycles. The normalized spacial score (nSPS) is 17.2. The molecule has 0 spiro atoms. The van der Waals surface area contributed by atoms with Crippen LogP contribution in [-0.2, 0) is 60.6 Å². The number of aliphatic carboxylic acids is 1. The lowest BCUT2D eigenvalue weighted by molar-refractivity contribution is -0.239. The first kappa shape index (κ1) is 46.2. The molecule has 0 bridgehead atoms. The summed E-state index contributed by atoms with van der Waals surface area (Å²) in [6, 6.07) is 10.6. The average Bonchev–Trinajstić information content (AvgIpc) is 2.97. The number of carboxylic acids is 1. The monoisotopic (exact) mass is 906 g/mol. The molecule has 2 aliphatic rings. The van der Waals surface area contributed by atoms with Gasteiger partial charge in [-0.05, 0) is 60.9 Å². The number of esters is 4. The molecule has 2 atom stereocenters. The van der Waals surface area contributed by atoms with Crippen LogP contribution in [0.2, 0.25) is 36.3 Å². The number of hydrogen-bond acceptors (Lipinski definition) is 12. The molecule has 2 aromatic rings. The molecule has 0 aromatic heterocycles. The van der Waals surface area contributed by atoms with E-state index in [1.54, 1.807) is 37.2 Å². The van der Waals surface area contributed by atoms with Gasteiger partial charge in [0.05, 0.1) is 5.92 Å². The lowest BCUT2D eigenvalue weighted by Crippen LogP contribution is -2.50. The van der Waals surface area contributed by atoms with Gasteiger partial charge in [-0.2, -0.15) is 0 Å². The van der Waals surface area contributed by atoms with Crippen LogP contribution in [-0.4, -0.2) is 76.2 Å². The number of Topliss-reactive ketones (excluding diaryl/α,β-unsaturated/α-hetero) is 1. The van der Waals surface area contributed by atoms with Crippen molar-refractivity contribution in [1.82, 2.24) is 0 Å². The number of cyclic esters (lactones) is 4. The van der Waals surface area contributed by atoms with Gasteiger partial charge in [-0.1, -0.05) is 80.8 Å². The van der Waals surface area contributed by atoms with Crippen molar-refractivity contribution < 1.29 is 62.9 Å². The molecule has 13 nitrogen and oxygen atoms in total. The molecule has 4 rings (SSSR count). The van der Waals surface area contributed by atoms with Gasteiger partial charge in [0.25, 0.3) is 25.4 Å². The van der Waals surface area contributed by atoms with Gasteiger partial charge in [0.2, 0.25) is 5.92 Å². The first-order valence-corrected chi connectivity index (χ1v) is 18.6. The molecule has 19 heteroatoms. The van der Waals surface area contributed by atoms with Crippen LogP contribution in [0.1, 0.15) is 45.2 Å². The number of ketones is 1. The fourth-order valence-corrected chi connectivity index (χ4v) is 6.75. The van der Waals surface area contributed by atoms with Crippen molar-refractivity contribution in [2.75, 3.05) is 0 Å². The van der Waals surface area contributed by atoms with Crippen LogP contribution in [0.5, 0.6) is 0 Å². The molecular weight excluding hydrogens is 869 g/mol. The van der Waals surface area contributed by atoms with Gasteiger partial charge >= 0.3 is 29.8 Å². The second-order valence-electron chi connectivity index (χ2n) is 13.4. The summed E-state index contributed by atoms with van der Waals surface area (Å²) in [5, 5.41) is 29.1. The number of carbonyl (C=O) groups excluding carboxylic acids is 5. The summed E-state index contributed by atoms with van der Waals surface area (Å²) in [5.74, 6) is -10.0. The highest BCUT2D eigenvalue weighted by Gasteiger charge is 2.49. The fourth-order valence-electron chi connectivity index (χ4n) is 5.25. The minimum Gasteiger partial charge on any atom is -0.481 e. The Morgan fingerprint density at radius 3 is 1.49 bits per heavy atom. The van der Waals surface area contributed by atoms with E-state index in [4.69, 9.17) is 37.8 Å². The van der Waals surface area contributed by atoms with Crippen molar-refractivity contribution in [3.8, 4) is 0 Å². The number of benzene rings is 2. The molecule has 288 valence electrons. The van der Waals surface area contributed by atoms with E-state index in [0.717, 1.165) is 14.5 Å². The quantitative estimate of drug-likeness (QED) is 0.134. The Labute approximate surface area is 334 Å². The minimum atomic E-state index is -1.65. The van der Waals surface area contributed by atoms with Gasteiger partial charge in [0.1, 0.15) is 6.42 Å². The average molecular weight is 909 g/mol. The van der Waals surface area contributed by atoms with Gasteiger partial charge in [0.15, 0.2) is 5.78 Å². The number of ether oxygens (including phenoxy) is 4. The Balaban J connectivity index is 0.000000307. The van der Waals surface area contributed by atoms with Crippen LogP contribution in [0.3, 0.4) is 0 Å². The number of hydrogen-bond donors (Lipinski definition) is 3. The number of rotatable bonds is 11. The topological polar surface area (TPSA) is 200 Å². The van der Waals surface area contributed by atoms with E-state index in [9.17, 15) is 38.8 Å². The summed E-state index contributed by atoms with van der Waals surface area (Å²) in [6.45, 7) is 7.54. The van der Waals surface area contributed by atoms with E-state index in [1.807, 2.05) is 6.07 Å². The van der Waals surface area contributed by atoms with Crippen LogP contribution in [0, 0.1) is 17.8 Å². The molecule has 2 aliphatic heterocycles. The smallest absolute Gasteiger partial charge is 0.331 e. The summed E-state index contributed by atoms with van der Waals surface area (Å²) in [4.78, 5) is 69.4. The zero-order valence-corrected chi connectivity index (χ0v) is 34.5. The molecule has 2 saturated heterocycles. The van der Waals surface area contributed by atoms with E-state index in [1.165, 1.54) is 34.5 Å². The van der Waals surface area contributed by atoms with Crippen LogP contribution < -0.4 is 0 Å². The maximum Gasteiger partial charge on any atom is 0.331 e. The Hall–Kier alpha value is -2.95. The maximum atomic E-state index is 12.9. The third-order valence-electron chi connectivity index (χ3n) is 7.42. The molecule has 0 amide bonds. The molecule has 2 fully saturated rings. The van der Waals surface area contributed by atoms with Gasteiger partial charge < -0.3 is 34.1 Å². The predicted molar refractivity (Wildman–Crippen MR) is 203 cm³/mol. The van der Waals surface area contributed by atoms with Crippen molar-refractivity contribution >= 4 is 105 Å². The molecule has 53 heavy (non-hydrogen) atoms. The van der Waals surface area contributed by atoms with Crippen molar-refractivity contribution in [2.45, 2.75) is 84.8 Å². The minimum absolute atomic E-state index is 0.0751. The fraction of sp³-hybridized carbons (Fsp3) is 0.471. The Morgan fingerprint density at radius 2 is 1.13 bits per heavy atom. The van der Waals surface area contributed by atoms with Crippen molar-refractivity contribution in [3.63, 3.8) is 0 Å². The molecule has 0 aliphatic carbocycles. The summed E-state index contributed by atoms with van der Waals surface area (Å²) in [5.41, 5.74) is 1.45. The van der Waals surface area contributed by atoms with Crippen LogP contribution >= 0.6 is 55.1 Å². The third-order valence-corrected chi connectivity index (χ3v) is 9.11. The largest absolute Gasteiger partial charge is 0.481 e. The molecule has 0 unspecified atom stereocenters. The van der Waals surface area contributed by atoms with E-state index in [0.29, 0.717) is 22.0 Å². The van der Waals surface area contributed by atoms with E-state index in [2.05, 4.69) is 41.3 Å². The number of carbonyl (C=O) groups is 6. The molecule has 0 radical (unpaired) electrons. The Kier molecular flexibility index (Phi) is 17.5. The second kappa shape index (κ2) is 20.1. The van der Waals surface area contributed by atoms with Gasteiger partial charge in [0, 0.05) is 52.6 Å². The number of halogens is 4. The predicted octanol–water partition coefficient (Wildman–Crippen LogP) is 6.07. The van der Waals surface area contributed by atoms with Crippen LogP contribution in [0.15, 0.2) is 45.3 Å².